The van der Waals surface area contributed by atoms with Crippen molar-refractivity contribution in [3.63, 3.8) is 0 Å². The summed E-state index contributed by atoms with van der Waals surface area (Å²) >= 11 is 0. The standard InChI is InChI=1S/C14H28O6/c1-3-4-5-6-7-8-12(18)20-13(2,9-15)14(19,10-16)11-17/h15-17,19H,3-11H2,1-2H3. The second-order valence-electron chi connectivity index (χ2n) is 5.38. The molecule has 0 aromatic rings. The van der Waals surface area contributed by atoms with E-state index in [9.17, 15) is 15.0 Å². The van der Waals surface area contributed by atoms with E-state index in [4.69, 9.17) is 14.9 Å². The van der Waals surface area contributed by atoms with E-state index in [1.165, 1.54) is 6.92 Å². The summed E-state index contributed by atoms with van der Waals surface area (Å²) in [5.74, 6) is -0.557. The van der Waals surface area contributed by atoms with Crippen LogP contribution in [-0.2, 0) is 9.53 Å². The van der Waals surface area contributed by atoms with Crippen LogP contribution in [-0.4, -0.2) is 57.4 Å². The molecule has 6 nitrogen and oxygen atoms in total. The molecule has 4 N–H and O–H groups in total. The molecule has 1 atom stereocenters. The molecule has 0 radical (unpaired) electrons. The molecule has 0 aromatic heterocycles. The number of ether oxygens (including phenoxy) is 1. The van der Waals surface area contributed by atoms with Gasteiger partial charge in [-0.1, -0.05) is 32.6 Å². The van der Waals surface area contributed by atoms with Gasteiger partial charge in [-0.15, -0.1) is 0 Å². The van der Waals surface area contributed by atoms with Gasteiger partial charge in [-0.2, -0.15) is 0 Å². The Hall–Kier alpha value is -0.690. The molecule has 0 fully saturated rings. The van der Waals surface area contributed by atoms with Gasteiger partial charge in [0.05, 0.1) is 19.8 Å². The Morgan fingerprint density at radius 1 is 1.00 bits per heavy atom. The molecule has 0 heterocycles. The quantitative estimate of drug-likeness (QED) is 0.323. The van der Waals surface area contributed by atoms with Crippen molar-refractivity contribution in [3.8, 4) is 0 Å². The lowest BCUT2D eigenvalue weighted by Gasteiger charge is -2.40. The fourth-order valence-electron chi connectivity index (χ4n) is 1.83. The van der Waals surface area contributed by atoms with Gasteiger partial charge in [0, 0.05) is 6.42 Å². The van der Waals surface area contributed by atoms with Crippen LogP contribution in [0.4, 0.5) is 0 Å². The SMILES string of the molecule is CCCCCCCC(=O)OC(C)(CO)C(O)(CO)CO. The normalized spacial score (nSPS) is 14.9. The highest BCUT2D eigenvalue weighted by atomic mass is 16.6. The third-order valence-electron chi connectivity index (χ3n) is 3.63. The molecular weight excluding hydrogens is 264 g/mol. The van der Waals surface area contributed by atoms with E-state index < -0.39 is 37.0 Å². The van der Waals surface area contributed by atoms with E-state index in [2.05, 4.69) is 6.92 Å². The van der Waals surface area contributed by atoms with Crippen LogP contribution >= 0.6 is 0 Å². The highest BCUT2D eigenvalue weighted by molar-refractivity contribution is 5.70. The fourth-order valence-corrected chi connectivity index (χ4v) is 1.83. The van der Waals surface area contributed by atoms with Gasteiger partial charge in [0.25, 0.3) is 0 Å². The Labute approximate surface area is 120 Å². The lowest BCUT2D eigenvalue weighted by molar-refractivity contribution is -0.221. The Kier molecular flexibility index (Phi) is 8.96. The predicted molar refractivity (Wildman–Crippen MR) is 74.1 cm³/mol. The Bertz CT molecular complexity index is 277. The summed E-state index contributed by atoms with van der Waals surface area (Å²) in [4.78, 5) is 11.7. The monoisotopic (exact) mass is 292 g/mol. The summed E-state index contributed by atoms with van der Waals surface area (Å²) in [6.07, 6.45) is 5.08. The number of aliphatic hydroxyl groups excluding tert-OH is 3. The molecule has 0 aliphatic heterocycles. The maximum absolute atomic E-state index is 11.7. The number of esters is 1. The summed E-state index contributed by atoms with van der Waals surface area (Å²) in [7, 11) is 0. The second-order valence-corrected chi connectivity index (χ2v) is 5.38. The first-order valence-corrected chi connectivity index (χ1v) is 7.16. The summed E-state index contributed by atoms with van der Waals surface area (Å²) in [5.41, 5.74) is -3.80. The van der Waals surface area contributed by atoms with Crippen LogP contribution in [0.15, 0.2) is 0 Å². The fraction of sp³-hybridized carbons (Fsp3) is 0.929. The van der Waals surface area contributed by atoms with Crippen molar-refractivity contribution in [2.45, 2.75) is 63.6 Å². The van der Waals surface area contributed by atoms with Crippen LogP contribution in [0.2, 0.25) is 0 Å². The number of rotatable bonds is 11. The zero-order valence-corrected chi connectivity index (χ0v) is 12.5. The first kappa shape index (κ1) is 19.3. The van der Waals surface area contributed by atoms with Gasteiger partial charge in [-0.05, 0) is 13.3 Å². The molecule has 1 unspecified atom stereocenters. The zero-order chi connectivity index (χ0) is 15.6. The van der Waals surface area contributed by atoms with Crippen molar-refractivity contribution >= 4 is 5.97 Å². The molecule has 0 amide bonds. The maximum Gasteiger partial charge on any atom is 0.306 e. The average molecular weight is 292 g/mol. The van der Waals surface area contributed by atoms with E-state index in [0.717, 1.165) is 25.7 Å². The van der Waals surface area contributed by atoms with Gasteiger partial charge in [-0.25, -0.2) is 0 Å². The summed E-state index contributed by atoms with van der Waals surface area (Å²) in [5, 5.41) is 37.6. The van der Waals surface area contributed by atoms with Crippen LogP contribution in [0.25, 0.3) is 0 Å². The van der Waals surface area contributed by atoms with Crippen LogP contribution < -0.4 is 0 Å². The van der Waals surface area contributed by atoms with Gasteiger partial charge in [0.1, 0.15) is 0 Å². The van der Waals surface area contributed by atoms with Crippen molar-refractivity contribution in [3.05, 3.63) is 0 Å². The van der Waals surface area contributed by atoms with E-state index >= 15 is 0 Å². The molecule has 6 heteroatoms. The number of carbonyl (C=O) groups excluding carboxylic acids is 1. The number of unbranched alkanes of at least 4 members (excludes halogenated alkanes) is 4. The lowest BCUT2D eigenvalue weighted by atomic mass is 9.85. The zero-order valence-electron chi connectivity index (χ0n) is 12.5. The first-order valence-electron chi connectivity index (χ1n) is 7.16. The molecule has 0 aliphatic carbocycles. The molecule has 0 saturated carbocycles. The molecule has 0 saturated heterocycles. The smallest absolute Gasteiger partial charge is 0.306 e. The third kappa shape index (κ3) is 5.36. The van der Waals surface area contributed by atoms with Crippen molar-refractivity contribution in [1.82, 2.24) is 0 Å². The van der Waals surface area contributed by atoms with Crippen molar-refractivity contribution in [2.75, 3.05) is 19.8 Å². The molecule has 0 bridgehead atoms. The van der Waals surface area contributed by atoms with E-state index in [-0.39, 0.29) is 6.42 Å². The molecule has 120 valence electrons. The van der Waals surface area contributed by atoms with Gasteiger partial charge < -0.3 is 25.2 Å². The largest absolute Gasteiger partial charge is 0.454 e. The Morgan fingerprint density at radius 3 is 2.00 bits per heavy atom. The van der Waals surface area contributed by atoms with Gasteiger partial charge in [-0.3, -0.25) is 4.79 Å². The summed E-state index contributed by atoms with van der Waals surface area (Å²) in [6.45, 7) is 1.07. The van der Waals surface area contributed by atoms with Crippen LogP contribution in [0.1, 0.15) is 52.4 Å². The van der Waals surface area contributed by atoms with Crippen LogP contribution in [0.5, 0.6) is 0 Å². The third-order valence-corrected chi connectivity index (χ3v) is 3.63. The predicted octanol–water partition coefficient (Wildman–Crippen LogP) is 0.357. The number of carbonyl (C=O) groups is 1. The minimum atomic E-state index is -2.07. The van der Waals surface area contributed by atoms with Crippen LogP contribution in [0, 0.1) is 0 Å². The topological polar surface area (TPSA) is 107 Å². The van der Waals surface area contributed by atoms with Crippen molar-refractivity contribution < 1.29 is 30.0 Å². The van der Waals surface area contributed by atoms with Gasteiger partial charge in [0.2, 0.25) is 0 Å². The van der Waals surface area contributed by atoms with Gasteiger partial charge >= 0.3 is 5.97 Å². The molecule has 20 heavy (non-hydrogen) atoms. The van der Waals surface area contributed by atoms with Gasteiger partial charge in [0.15, 0.2) is 11.2 Å². The minimum absolute atomic E-state index is 0.187. The lowest BCUT2D eigenvalue weighted by Crippen LogP contribution is -2.61. The minimum Gasteiger partial charge on any atom is -0.454 e. The molecule has 0 spiro atoms. The Balaban J connectivity index is 4.37. The van der Waals surface area contributed by atoms with Crippen molar-refractivity contribution in [1.29, 1.82) is 0 Å². The highest BCUT2D eigenvalue weighted by Gasteiger charge is 2.49. The molecule has 0 aliphatic rings. The van der Waals surface area contributed by atoms with E-state index in [1.807, 2.05) is 0 Å². The average Bonchev–Trinajstić information content (AvgIpc) is 2.45. The number of hydrogen-bond acceptors (Lipinski definition) is 6. The van der Waals surface area contributed by atoms with Crippen molar-refractivity contribution in [2.24, 2.45) is 0 Å². The Morgan fingerprint density at radius 2 is 1.55 bits per heavy atom. The number of aliphatic hydroxyl groups is 4. The first-order chi connectivity index (χ1) is 9.39. The summed E-state index contributed by atoms with van der Waals surface area (Å²) in [6, 6.07) is 0. The second kappa shape index (κ2) is 9.28. The van der Waals surface area contributed by atoms with E-state index in [0.29, 0.717) is 6.42 Å². The summed E-state index contributed by atoms with van der Waals surface area (Å²) < 4.78 is 5.08. The van der Waals surface area contributed by atoms with E-state index in [1.54, 1.807) is 0 Å². The number of hydrogen-bond donors (Lipinski definition) is 4. The molecular formula is C14H28O6. The molecule has 0 rings (SSSR count). The maximum atomic E-state index is 11.7. The highest BCUT2D eigenvalue weighted by Crippen LogP contribution is 2.26. The van der Waals surface area contributed by atoms with Crippen LogP contribution in [0.3, 0.4) is 0 Å². The molecule has 0 aromatic carbocycles.